The normalized spacial score (nSPS) is 15.1. The summed E-state index contributed by atoms with van der Waals surface area (Å²) in [4.78, 5) is 11.9. The summed E-state index contributed by atoms with van der Waals surface area (Å²) in [6.07, 6.45) is -0.0904. The van der Waals surface area contributed by atoms with Crippen molar-refractivity contribution in [3.8, 4) is 29.2 Å². The smallest absolute Gasteiger partial charge is 0.311 e. The van der Waals surface area contributed by atoms with Crippen LogP contribution in [-0.4, -0.2) is 44.6 Å². The lowest BCUT2D eigenvalue weighted by Gasteiger charge is -2.26. The molecule has 3 rings (SSSR count). The Labute approximate surface area is 166 Å². The molecule has 0 spiro atoms. The van der Waals surface area contributed by atoms with E-state index in [0.717, 1.165) is 0 Å². The molecule has 10 nitrogen and oxygen atoms in total. The van der Waals surface area contributed by atoms with Gasteiger partial charge in [0.2, 0.25) is 11.8 Å². The number of nitrogens with two attached hydrogens (primary N) is 1. The van der Waals surface area contributed by atoms with E-state index >= 15 is 0 Å². The van der Waals surface area contributed by atoms with Crippen molar-refractivity contribution in [1.82, 2.24) is 10.2 Å². The fourth-order valence-electron chi connectivity index (χ4n) is 3.25. The summed E-state index contributed by atoms with van der Waals surface area (Å²) >= 11 is 0. The first-order valence-electron chi connectivity index (χ1n) is 8.50. The average molecular weight is 400 g/mol. The first kappa shape index (κ1) is 19.9. The summed E-state index contributed by atoms with van der Waals surface area (Å²) < 4.78 is 26.5. The van der Waals surface area contributed by atoms with Gasteiger partial charge < -0.3 is 29.4 Å². The SMILES string of the molecule is COC(=O)Cc1[nH]nc2c1C(c1cc(OC)c(OC)cc1OC)C(C#N)=C(N)O2. The number of carbonyl (C=O) groups is 1. The Morgan fingerprint density at radius 2 is 1.86 bits per heavy atom. The van der Waals surface area contributed by atoms with Crippen LogP contribution in [0.5, 0.6) is 23.1 Å². The van der Waals surface area contributed by atoms with Gasteiger partial charge in [-0.2, -0.15) is 5.26 Å². The third-order valence-corrected chi connectivity index (χ3v) is 4.61. The van der Waals surface area contributed by atoms with Gasteiger partial charge in [0.05, 0.1) is 52.0 Å². The van der Waals surface area contributed by atoms with Gasteiger partial charge in [-0.05, 0) is 6.07 Å². The van der Waals surface area contributed by atoms with E-state index in [0.29, 0.717) is 34.1 Å². The maximum absolute atomic E-state index is 11.9. The zero-order valence-electron chi connectivity index (χ0n) is 16.4. The lowest BCUT2D eigenvalue weighted by Crippen LogP contribution is -2.22. The Morgan fingerprint density at radius 3 is 2.45 bits per heavy atom. The predicted molar refractivity (Wildman–Crippen MR) is 99.7 cm³/mol. The number of H-pyrrole nitrogens is 1. The molecule has 0 fully saturated rings. The molecule has 1 aromatic carbocycles. The van der Waals surface area contributed by atoms with Crippen LogP contribution in [0.2, 0.25) is 0 Å². The van der Waals surface area contributed by atoms with Crippen LogP contribution in [0.1, 0.15) is 22.7 Å². The van der Waals surface area contributed by atoms with Crippen LogP contribution in [0.25, 0.3) is 0 Å². The number of rotatable bonds is 6. The molecule has 0 radical (unpaired) electrons. The lowest BCUT2D eigenvalue weighted by molar-refractivity contribution is -0.139. The van der Waals surface area contributed by atoms with Crippen molar-refractivity contribution >= 4 is 5.97 Å². The number of fused-ring (bicyclic) bond motifs is 1. The molecule has 0 saturated heterocycles. The highest BCUT2D eigenvalue weighted by atomic mass is 16.5. The van der Waals surface area contributed by atoms with E-state index in [9.17, 15) is 10.1 Å². The van der Waals surface area contributed by atoms with Crippen molar-refractivity contribution in [2.24, 2.45) is 5.73 Å². The van der Waals surface area contributed by atoms with E-state index in [-0.39, 0.29) is 23.8 Å². The van der Waals surface area contributed by atoms with E-state index < -0.39 is 11.9 Å². The second-order valence-electron chi connectivity index (χ2n) is 6.05. The molecular formula is C19H20N4O6. The minimum absolute atomic E-state index is 0.0852. The highest BCUT2D eigenvalue weighted by molar-refractivity contribution is 5.73. The summed E-state index contributed by atoms with van der Waals surface area (Å²) in [5.41, 5.74) is 7.63. The van der Waals surface area contributed by atoms with E-state index in [2.05, 4.69) is 16.3 Å². The van der Waals surface area contributed by atoms with Crippen LogP contribution in [0.4, 0.5) is 0 Å². The second kappa shape index (κ2) is 8.02. The van der Waals surface area contributed by atoms with Crippen molar-refractivity contribution < 1.29 is 28.5 Å². The lowest BCUT2D eigenvalue weighted by atomic mass is 9.83. The van der Waals surface area contributed by atoms with Gasteiger partial charge in [-0.25, -0.2) is 0 Å². The van der Waals surface area contributed by atoms with Gasteiger partial charge in [-0.1, -0.05) is 0 Å². The topological polar surface area (TPSA) is 142 Å². The van der Waals surface area contributed by atoms with Gasteiger partial charge in [0.25, 0.3) is 0 Å². The number of esters is 1. The molecule has 0 bridgehead atoms. The first-order chi connectivity index (χ1) is 14.0. The molecular weight excluding hydrogens is 380 g/mol. The molecule has 10 heteroatoms. The number of hydrogen-bond donors (Lipinski definition) is 2. The van der Waals surface area contributed by atoms with Crippen LogP contribution in [-0.2, 0) is 16.0 Å². The number of carbonyl (C=O) groups excluding carboxylic acids is 1. The maximum atomic E-state index is 11.9. The number of allylic oxidation sites excluding steroid dienone is 1. The third-order valence-electron chi connectivity index (χ3n) is 4.61. The molecule has 2 aromatic rings. The Hall–Kier alpha value is -3.87. The Morgan fingerprint density at radius 1 is 1.21 bits per heavy atom. The average Bonchev–Trinajstić information content (AvgIpc) is 3.13. The van der Waals surface area contributed by atoms with Crippen LogP contribution >= 0.6 is 0 Å². The number of benzene rings is 1. The molecule has 0 aliphatic carbocycles. The summed E-state index contributed by atoms with van der Waals surface area (Å²) in [5.74, 6) is 0.224. The van der Waals surface area contributed by atoms with Gasteiger partial charge in [-0.15, -0.1) is 5.10 Å². The van der Waals surface area contributed by atoms with Gasteiger partial charge in [0.15, 0.2) is 11.5 Å². The summed E-state index contributed by atoms with van der Waals surface area (Å²) in [7, 11) is 5.79. The largest absolute Gasteiger partial charge is 0.496 e. The van der Waals surface area contributed by atoms with E-state index in [1.165, 1.54) is 28.4 Å². The molecule has 1 aliphatic rings. The van der Waals surface area contributed by atoms with Crippen molar-refractivity contribution in [2.75, 3.05) is 28.4 Å². The van der Waals surface area contributed by atoms with E-state index in [1.54, 1.807) is 12.1 Å². The Kier molecular flexibility index (Phi) is 5.50. The monoisotopic (exact) mass is 400 g/mol. The Bertz CT molecular complexity index is 1020. The highest BCUT2D eigenvalue weighted by Gasteiger charge is 2.37. The molecule has 1 aromatic heterocycles. The summed E-state index contributed by atoms with van der Waals surface area (Å²) in [5, 5.41) is 16.6. The number of ether oxygens (including phenoxy) is 5. The minimum Gasteiger partial charge on any atom is -0.496 e. The van der Waals surface area contributed by atoms with E-state index in [1.807, 2.05) is 0 Å². The quantitative estimate of drug-likeness (QED) is 0.687. The number of aromatic nitrogens is 2. The van der Waals surface area contributed by atoms with Gasteiger partial charge in [0, 0.05) is 11.6 Å². The van der Waals surface area contributed by atoms with Crippen LogP contribution in [0.15, 0.2) is 23.6 Å². The summed E-state index contributed by atoms with van der Waals surface area (Å²) in [6.45, 7) is 0. The van der Waals surface area contributed by atoms with Gasteiger partial charge >= 0.3 is 5.97 Å². The molecule has 152 valence electrons. The number of methoxy groups -OCH3 is 4. The number of aromatic amines is 1. The standard InChI is InChI=1S/C19H20N4O6/c1-25-12-7-14(27-3)13(26-2)5-9(12)16-10(8-20)18(21)29-19-17(16)11(22-23-19)6-15(24)28-4/h5,7,16H,6,21H2,1-4H3,(H,22,23). The molecule has 1 unspecified atom stereocenters. The van der Waals surface area contributed by atoms with Gasteiger partial charge in [-0.3, -0.25) is 9.89 Å². The number of hydrogen-bond acceptors (Lipinski definition) is 9. The molecule has 0 amide bonds. The molecule has 29 heavy (non-hydrogen) atoms. The molecule has 2 heterocycles. The Balaban J connectivity index is 2.27. The minimum atomic E-state index is -0.711. The highest BCUT2D eigenvalue weighted by Crippen LogP contribution is 2.48. The van der Waals surface area contributed by atoms with Crippen LogP contribution in [0.3, 0.4) is 0 Å². The fourth-order valence-corrected chi connectivity index (χ4v) is 3.25. The number of nitrogens with zero attached hydrogens (tertiary/aromatic N) is 2. The molecule has 1 aliphatic heterocycles. The van der Waals surface area contributed by atoms with Crippen LogP contribution < -0.4 is 24.7 Å². The molecule has 3 N–H and O–H groups in total. The maximum Gasteiger partial charge on any atom is 0.311 e. The van der Waals surface area contributed by atoms with Crippen LogP contribution in [0, 0.1) is 11.3 Å². The predicted octanol–water partition coefficient (Wildman–Crippen LogP) is 1.37. The summed E-state index contributed by atoms with van der Waals surface area (Å²) in [6, 6.07) is 5.43. The van der Waals surface area contributed by atoms with Crippen molar-refractivity contribution in [3.63, 3.8) is 0 Å². The fraction of sp³-hybridized carbons (Fsp3) is 0.316. The van der Waals surface area contributed by atoms with Gasteiger partial charge in [0.1, 0.15) is 17.4 Å². The first-order valence-corrected chi connectivity index (χ1v) is 8.50. The third kappa shape index (κ3) is 3.38. The molecule has 0 saturated carbocycles. The second-order valence-corrected chi connectivity index (χ2v) is 6.05. The molecule has 1 atom stereocenters. The zero-order valence-corrected chi connectivity index (χ0v) is 16.4. The van der Waals surface area contributed by atoms with E-state index in [4.69, 9.17) is 29.4 Å². The number of nitrogens with one attached hydrogen (secondary N) is 1. The van der Waals surface area contributed by atoms with Crippen molar-refractivity contribution in [1.29, 1.82) is 5.26 Å². The van der Waals surface area contributed by atoms with Crippen molar-refractivity contribution in [2.45, 2.75) is 12.3 Å². The van der Waals surface area contributed by atoms with Crippen molar-refractivity contribution in [3.05, 3.63) is 40.4 Å². The zero-order chi connectivity index (χ0) is 21.1. The number of nitriles is 1.